The van der Waals surface area contributed by atoms with Crippen molar-refractivity contribution in [2.45, 2.75) is 6.54 Å². The summed E-state index contributed by atoms with van der Waals surface area (Å²) in [6.45, 7) is 0.255. The number of halogens is 3. The highest BCUT2D eigenvalue weighted by atomic mass is 35.5. The van der Waals surface area contributed by atoms with Crippen LogP contribution in [0, 0.1) is 5.82 Å². The van der Waals surface area contributed by atoms with E-state index in [0.29, 0.717) is 22.4 Å². The predicted octanol–water partition coefficient (Wildman–Crippen LogP) is 5.40. The number of hydrogen-bond donors (Lipinski definition) is 1. The predicted molar refractivity (Wildman–Crippen MR) is 85.7 cm³/mol. The molecule has 6 heteroatoms. The highest BCUT2D eigenvalue weighted by molar-refractivity contribution is 6.31. The lowest BCUT2D eigenvalue weighted by molar-refractivity contribution is 0.515. The van der Waals surface area contributed by atoms with Crippen LogP contribution >= 0.6 is 23.2 Å². The zero-order chi connectivity index (χ0) is 15.5. The van der Waals surface area contributed by atoms with Crippen molar-refractivity contribution in [3.8, 4) is 11.3 Å². The lowest BCUT2D eigenvalue weighted by Gasteiger charge is -2.05. The summed E-state index contributed by atoms with van der Waals surface area (Å²) >= 11 is 11.6. The minimum atomic E-state index is -0.492. The van der Waals surface area contributed by atoms with Gasteiger partial charge in [0.25, 0.3) is 0 Å². The number of anilines is 1. The molecular formula is C16H11Cl2FN2O. The van der Waals surface area contributed by atoms with Crippen molar-refractivity contribution in [1.29, 1.82) is 0 Å². The number of aromatic nitrogens is 1. The largest absolute Gasteiger partial charge is 0.439 e. The maximum absolute atomic E-state index is 13.8. The van der Waals surface area contributed by atoms with Crippen LogP contribution in [0.15, 0.2) is 53.1 Å². The highest BCUT2D eigenvalue weighted by Crippen LogP contribution is 2.24. The van der Waals surface area contributed by atoms with E-state index in [0.717, 1.165) is 5.56 Å². The molecule has 1 heterocycles. The average Bonchev–Trinajstić information content (AvgIpc) is 2.98. The summed E-state index contributed by atoms with van der Waals surface area (Å²) in [5.41, 5.74) is 1.18. The fraction of sp³-hybridized carbons (Fsp3) is 0.0625. The minimum absolute atomic E-state index is 0.0688. The van der Waals surface area contributed by atoms with Gasteiger partial charge < -0.3 is 9.73 Å². The first kappa shape index (κ1) is 14.9. The Morgan fingerprint density at radius 3 is 2.64 bits per heavy atom. The number of hydrogen-bond acceptors (Lipinski definition) is 3. The van der Waals surface area contributed by atoms with Crippen molar-refractivity contribution in [2.75, 3.05) is 5.32 Å². The zero-order valence-electron chi connectivity index (χ0n) is 11.3. The van der Waals surface area contributed by atoms with Gasteiger partial charge in [-0.15, -0.1) is 0 Å². The molecule has 0 fully saturated rings. The lowest BCUT2D eigenvalue weighted by Crippen LogP contribution is -2.01. The van der Waals surface area contributed by atoms with E-state index in [9.17, 15) is 4.39 Å². The van der Waals surface area contributed by atoms with Crippen LogP contribution in [0.4, 0.5) is 10.1 Å². The smallest absolute Gasteiger partial charge is 0.214 e. The minimum Gasteiger partial charge on any atom is -0.439 e. The molecule has 0 saturated heterocycles. The summed E-state index contributed by atoms with van der Waals surface area (Å²) in [5, 5.41) is 3.63. The fourth-order valence-electron chi connectivity index (χ4n) is 1.95. The first-order valence-corrected chi connectivity index (χ1v) is 7.27. The molecule has 0 amide bonds. The molecular weight excluding hydrogens is 326 g/mol. The topological polar surface area (TPSA) is 38.1 Å². The Kier molecular flexibility index (Phi) is 4.32. The van der Waals surface area contributed by atoms with E-state index in [1.54, 1.807) is 30.5 Å². The number of benzene rings is 2. The summed E-state index contributed by atoms with van der Waals surface area (Å²) in [6, 6.07) is 12.0. The summed E-state index contributed by atoms with van der Waals surface area (Å²) < 4.78 is 19.4. The Bertz CT molecular complexity index is 787. The molecule has 22 heavy (non-hydrogen) atoms. The Morgan fingerprint density at radius 2 is 1.86 bits per heavy atom. The monoisotopic (exact) mass is 336 g/mol. The third kappa shape index (κ3) is 3.24. The third-order valence-electron chi connectivity index (χ3n) is 3.06. The molecule has 0 saturated carbocycles. The van der Waals surface area contributed by atoms with E-state index >= 15 is 0 Å². The Balaban J connectivity index is 1.72. The van der Waals surface area contributed by atoms with E-state index in [4.69, 9.17) is 27.6 Å². The first-order chi connectivity index (χ1) is 10.6. The molecule has 0 aliphatic carbocycles. The number of nitrogens with zero attached hydrogens (tertiary/aromatic N) is 1. The molecule has 0 radical (unpaired) electrons. The molecule has 1 N–H and O–H groups in total. The van der Waals surface area contributed by atoms with Gasteiger partial charge >= 0.3 is 0 Å². The SMILES string of the molecule is Fc1c(Cl)cccc1NCc1ncc(-c2ccc(Cl)cc2)o1. The van der Waals surface area contributed by atoms with E-state index in [1.165, 1.54) is 6.07 Å². The van der Waals surface area contributed by atoms with Gasteiger partial charge in [-0.3, -0.25) is 0 Å². The molecule has 0 bridgehead atoms. The van der Waals surface area contributed by atoms with Crippen molar-refractivity contribution in [1.82, 2.24) is 4.98 Å². The van der Waals surface area contributed by atoms with Crippen molar-refractivity contribution >= 4 is 28.9 Å². The quantitative estimate of drug-likeness (QED) is 0.693. The zero-order valence-corrected chi connectivity index (χ0v) is 12.8. The molecule has 3 nitrogen and oxygen atoms in total. The number of rotatable bonds is 4. The molecule has 0 unspecified atom stereocenters. The van der Waals surface area contributed by atoms with Gasteiger partial charge in [0.1, 0.15) is 0 Å². The summed E-state index contributed by atoms with van der Waals surface area (Å²) in [7, 11) is 0. The molecule has 1 aromatic heterocycles. The van der Waals surface area contributed by atoms with Crippen molar-refractivity contribution in [3.05, 3.63) is 70.4 Å². The summed E-state index contributed by atoms with van der Waals surface area (Å²) in [4.78, 5) is 4.16. The van der Waals surface area contributed by atoms with Gasteiger partial charge in [-0.25, -0.2) is 9.37 Å². The van der Waals surface area contributed by atoms with Gasteiger partial charge in [-0.1, -0.05) is 29.3 Å². The highest BCUT2D eigenvalue weighted by Gasteiger charge is 2.09. The van der Waals surface area contributed by atoms with Crippen LogP contribution in [0.25, 0.3) is 11.3 Å². The molecule has 3 aromatic rings. The van der Waals surface area contributed by atoms with Crippen LogP contribution in [0.3, 0.4) is 0 Å². The normalized spacial score (nSPS) is 10.7. The van der Waals surface area contributed by atoms with E-state index in [2.05, 4.69) is 10.3 Å². The maximum atomic E-state index is 13.8. The number of oxazole rings is 1. The maximum Gasteiger partial charge on any atom is 0.214 e. The Morgan fingerprint density at radius 1 is 1.09 bits per heavy atom. The lowest BCUT2D eigenvalue weighted by atomic mass is 10.2. The summed E-state index contributed by atoms with van der Waals surface area (Å²) in [6.07, 6.45) is 1.62. The van der Waals surface area contributed by atoms with Crippen LogP contribution in [0.5, 0.6) is 0 Å². The van der Waals surface area contributed by atoms with Crippen molar-refractivity contribution in [3.63, 3.8) is 0 Å². The van der Waals surface area contributed by atoms with Crippen LogP contribution in [-0.2, 0) is 6.54 Å². The van der Waals surface area contributed by atoms with Crippen LogP contribution in [0.1, 0.15) is 5.89 Å². The first-order valence-electron chi connectivity index (χ1n) is 6.52. The second-order valence-corrected chi connectivity index (χ2v) is 5.42. The van der Waals surface area contributed by atoms with Gasteiger partial charge in [0.15, 0.2) is 11.6 Å². The van der Waals surface area contributed by atoms with E-state index < -0.39 is 5.82 Å². The second-order valence-electron chi connectivity index (χ2n) is 4.58. The van der Waals surface area contributed by atoms with E-state index in [1.807, 2.05) is 12.1 Å². The van der Waals surface area contributed by atoms with Crippen LogP contribution in [-0.4, -0.2) is 4.98 Å². The van der Waals surface area contributed by atoms with E-state index in [-0.39, 0.29) is 11.6 Å². The third-order valence-corrected chi connectivity index (χ3v) is 3.61. The molecule has 2 aromatic carbocycles. The van der Waals surface area contributed by atoms with Gasteiger partial charge in [0.05, 0.1) is 23.5 Å². The summed E-state index contributed by atoms with van der Waals surface area (Å²) in [5.74, 6) is 0.581. The Hall–Kier alpha value is -2.04. The van der Waals surface area contributed by atoms with Crippen molar-refractivity contribution < 1.29 is 8.81 Å². The fourth-order valence-corrected chi connectivity index (χ4v) is 2.25. The van der Waals surface area contributed by atoms with Gasteiger partial charge in [-0.05, 0) is 36.4 Å². The van der Waals surface area contributed by atoms with Crippen molar-refractivity contribution in [2.24, 2.45) is 0 Å². The standard InChI is InChI=1S/C16H11Cl2FN2O/c17-11-6-4-10(5-7-11)14-8-21-15(22-14)9-20-13-3-1-2-12(18)16(13)19/h1-8,20H,9H2. The van der Waals surface area contributed by atoms with Crippen LogP contribution in [0.2, 0.25) is 10.0 Å². The molecule has 0 spiro atoms. The number of nitrogens with one attached hydrogen (secondary N) is 1. The molecule has 0 aliphatic heterocycles. The average molecular weight is 337 g/mol. The van der Waals surface area contributed by atoms with Crippen LogP contribution < -0.4 is 5.32 Å². The molecule has 3 rings (SSSR count). The molecule has 0 aliphatic rings. The second kappa shape index (κ2) is 6.38. The van der Waals surface area contributed by atoms with Gasteiger partial charge in [0, 0.05) is 10.6 Å². The Labute approximate surface area is 136 Å². The molecule has 0 atom stereocenters. The molecule has 112 valence electrons. The van der Waals surface area contributed by atoms with Gasteiger partial charge in [-0.2, -0.15) is 0 Å². The van der Waals surface area contributed by atoms with Gasteiger partial charge in [0.2, 0.25) is 5.89 Å².